The fourth-order valence-electron chi connectivity index (χ4n) is 3.82. The average Bonchev–Trinajstić information content (AvgIpc) is 2.66. The van der Waals surface area contributed by atoms with Crippen molar-refractivity contribution in [3.8, 4) is 0 Å². The van der Waals surface area contributed by atoms with Gasteiger partial charge >= 0.3 is 0 Å². The van der Waals surface area contributed by atoms with E-state index in [-0.39, 0.29) is 18.5 Å². The SMILES string of the molecule is CCCCCCCCCCCCCCOCC(O)C[N+](CC)(CC)CC.[Cl-]. The highest BCUT2D eigenvalue weighted by molar-refractivity contribution is 4.54. The lowest BCUT2D eigenvalue weighted by Crippen LogP contribution is -3.00. The van der Waals surface area contributed by atoms with E-state index in [1.165, 1.54) is 70.6 Å². The van der Waals surface area contributed by atoms with Gasteiger partial charge in [0.2, 0.25) is 0 Å². The Balaban J connectivity index is 0. The van der Waals surface area contributed by atoms with E-state index in [1.807, 2.05) is 0 Å². The molecule has 0 aromatic carbocycles. The van der Waals surface area contributed by atoms with Crippen LogP contribution in [0.25, 0.3) is 0 Å². The number of hydrogen-bond donors (Lipinski definition) is 1. The number of quaternary nitrogens is 1. The zero-order chi connectivity index (χ0) is 19.5. The Morgan fingerprint density at radius 2 is 1.07 bits per heavy atom. The molecule has 0 aliphatic rings. The lowest BCUT2D eigenvalue weighted by molar-refractivity contribution is -0.926. The van der Waals surface area contributed by atoms with Crippen molar-refractivity contribution in [2.75, 3.05) is 39.4 Å². The van der Waals surface area contributed by atoms with Crippen LogP contribution in [0, 0.1) is 0 Å². The zero-order valence-electron chi connectivity index (χ0n) is 19.0. The number of aliphatic hydroxyl groups excluding tert-OH is 1. The minimum absolute atomic E-state index is 0. The van der Waals surface area contributed by atoms with Crippen LogP contribution < -0.4 is 12.4 Å². The highest BCUT2D eigenvalue weighted by Gasteiger charge is 2.24. The molecule has 1 N–H and O–H groups in total. The lowest BCUT2D eigenvalue weighted by atomic mass is 10.1. The van der Waals surface area contributed by atoms with E-state index in [0.717, 1.165) is 43.7 Å². The van der Waals surface area contributed by atoms with Gasteiger partial charge in [0.05, 0.1) is 26.2 Å². The fourth-order valence-corrected chi connectivity index (χ4v) is 3.82. The summed E-state index contributed by atoms with van der Waals surface area (Å²) >= 11 is 0. The highest BCUT2D eigenvalue weighted by atomic mass is 35.5. The van der Waals surface area contributed by atoms with Crippen LogP contribution in [0.4, 0.5) is 0 Å². The Bertz CT molecular complexity index is 277. The molecule has 0 fully saturated rings. The molecule has 0 rings (SSSR count). The van der Waals surface area contributed by atoms with Crippen LogP contribution in [-0.4, -0.2) is 55.1 Å². The van der Waals surface area contributed by atoms with Crippen LogP contribution in [0.1, 0.15) is 105 Å². The molecule has 166 valence electrons. The summed E-state index contributed by atoms with van der Waals surface area (Å²) in [5, 5.41) is 10.2. The third-order valence-electron chi connectivity index (χ3n) is 6.06. The molecule has 0 aromatic heterocycles. The van der Waals surface area contributed by atoms with Gasteiger partial charge in [-0.2, -0.15) is 0 Å². The number of likely N-dealkylation sites (N-methyl/N-ethyl adjacent to an activating group) is 1. The van der Waals surface area contributed by atoms with Gasteiger partial charge in [0.1, 0.15) is 12.6 Å². The molecule has 0 saturated heterocycles. The first-order valence-electron chi connectivity index (χ1n) is 11.7. The first kappa shape index (κ1) is 29.4. The molecule has 3 nitrogen and oxygen atoms in total. The van der Waals surface area contributed by atoms with Gasteiger partial charge in [-0.3, -0.25) is 0 Å². The fraction of sp³-hybridized carbons (Fsp3) is 1.00. The number of nitrogens with zero attached hydrogens (tertiary/aromatic N) is 1. The lowest BCUT2D eigenvalue weighted by Gasteiger charge is -2.37. The predicted octanol–water partition coefficient (Wildman–Crippen LogP) is 2.95. The Hall–Kier alpha value is 0.170. The maximum atomic E-state index is 10.2. The minimum Gasteiger partial charge on any atom is -1.00 e. The molecule has 0 aliphatic carbocycles. The topological polar surface area (TPSA) is 29.5 Å². The van der Waals surface area contributed by atoms with Gasteiger partial charge in [-0.05, 0) is 27.2 Å². The summed E-state index contributed by atoms with van der Waals surface area (Å²) in [7, 11) is 0. The van der Waals surface area contributed by atoms with Crippen molar-refractivity contribution in [1.29, 1.82) is 0 Å². The standard InChI is InChI=1S/C23H50NO2.ClH/c1-5-9-10-11-12-13-14-15-16-17-18-19-20-26-22-23(25)21-24(6-2,7-3)8-4;/h23,25H,5-22H2,1-4H3;1H/q+1;/p-1. The Kier molecular flexibility index (Phi) is 22.7. The molecule has 0 aliphatic heterocycles. The van der Waals surface area contributed by atoms with Crippen molar-refractivity contribution in [3.63, 3.8) is 0 Å². The van der Waals surface area contributed by atoms with Gasteiger partial charge in [-0.25, -0.2) is 0 Å². The first-order chi connectivity index (χ1) is 12.6. The van der Waals surface area contributed by atoms with Gasteiger partial charge < -0.3 is 26.7 Å². The second-order valence-electron chi connectivity index (χ2n) is 8.09. The van der Waals surface area contributed by atoms with E-state index in [1.54, 1.807) is 0 Å². The quantitative estimate of drug-likeness (QED) is 0.248. The van der Waals surface area contributed by atoms with Crippen molar-refractivity contribution in [1.82, 2.24) is 0 Å². The first-order valence-corrected chi connectivity index (χ1v) is 11.7. The third kappa shape index (κ3) is 16.8. The zero-order valence-corrected chi connectivity index (χ0v) is 19.7. The number of hydrogen-bond acceptors (Lipinski definition) is 2. The van der Waals surface area contributed by atoms with E-state index >= 15 is 0 Å². The molecule has 0 radical (unpaired) electrons. The molecule has 0 saturated carbocycles. The van der Waals surface area contributed by atoms with Gasteiger partial charge in [0.25, 0.3) is 0 Å². The van der Waals surface area contributed by atoms with E-state index in [9.17, 15) is 5.11 Å². The second kappa shape index (κ2) is 20.9. The molecule has 0 spiro atoms. The summed E-state index contributed by atoms with van der Waals surface area (Å²) < 4.78 is 6.70. The second-order valence-corrected chi connectivity index (χ2v) is 8.09. The Labute approximate surface area is 177 Å². The molecule has 0 aromatic rings. The van der Waals surface area contributed by atoms with Crippen LogP contribution in [0.5, 0.6) is 0 Å². The van der Waals surface area contributed by atoms with Crippen molar-refractivity contribution in [2.45, 2.75) is 111 Å². The summed E-state index contributed by atoms with van der Waals surface area (Å²) in [6, 6.07) is 0. The summed E-state index contributed by atoms with van der Waals surface area (Å²) in [5.41, 5.74) is 0. The normalized spacial score (nSPS) is 12.8. The number of rotatable bonds is 20. The van der Waals surface area contributed by atoms with Crippen molar-refractivity contribution < 1.29 is 26.7 Å². The molecule has 1 unspecified atom stereocenters. The van der Waals surface area contributed by atoms with Crippen molar-refractivity contribution in [3.05, 3.63) is 0 Å². The molecule has 27 heavy (non-hydrogen) atoms. The molecule has 0 amide bonds. The average molecular weight is 408 g/mol. The van der Waals surface area contributed by atoms with Gasteiger partial charge in [-0.1, -0.05) is 77.6 Å². The maximum Gasteiger partial charge on any atom is 0.126 e. The van der Waals surface area contributed by atoms with E-state index in [2.05, 4.69) is 27.7 Å². The summed E-state index contributed by atoms with van der Waals surface area (Å²) in [4.78, 5) is 0. The van der Waals surface area contributed by atoms with E-state index in [4.69, 9.17) is 4.74 Å². The summed E-state index contributed by atoms with van der Waals surface area (Å²) in [6.07, 6.45) is 16.1. The number of halogens is 1. The van der Waals surface area contributed by atoms with Crippen molar-refractivity contribution in [2.24, 2.45) is 0 Å². The van der Waals surface area contributed by atoms with Gasteiger partial charge in [0, 0.05) is 6.61 Å². The van der Waals surface area contributed by atoms with Crippen LogP contribution in [0.3, 0.4) is 0 Å². The van der Waals surface area contributed by atoms with Crippen LogP contribution in [0.15, 0.2) is 0 Å². The smallest absolute Gasteiger partial charge is 0.126 e. The highest BCUT2D eigenvalue weighted by Crippen LogP contribution is 2.12. The minimum atomic E-state index is -0.327. The van der Waals surface area contributed by atoms with E-state index < -0.39 is 0 Å². The molecule has 0 bridgehead atoms. The number of unbranched alkanes of at least 4 members (excludes halogenated alkanes) is 11. The Morgan fingerprint density at radius 1 is 0.667 bits per heavy atom. The maximum absolute atomic E-state index is 10.2. The predicted molar refractivity (Wildman–Crippen MR) is 115 cm³/mol. The van der Waals surface area contributed by atoms with Crippen molar-refractivity contribution >= 4 is 0 Å². The summed E-state index contributed by atoms with van der Waals surface area (Å²) in [6.45, 7) is 14.3. The molecule has 0 heterocycles. The molecule has 1 atom stereocenters. The molecular formula is C23H50ClNO2. The molecule has 4 heteroatoms. The monoisotopic (exact) mass is 407 g/mol. The van der Waals surface area contributed by atoms with Gasteiger partial charge in [-0.15, -0.1) is 0 Å². The van der Waals surface area contributed by atoms with Crippen LogP contribution >= 0.6 is 0 Å². The largest absolute Gasteiger partial charge is 1.00 e. The van der Waals surface area contributed by atoms with Gasteiger partial charge in [0.15, 0.2) is 0 Å². The number of ether oxygens (including phenoxy) is 1. The molecular weight excluding hydrogens is 358 g/mol. The Morgan fingerprint density at radius 3 is 1.48 bits per heavy atom. The van der Waals surface area contributed by atoms with Crippen LogP contribution in [0.2, 0.25) is 0 Å². The summed E-state index contributed by atoms with van der Waals surface area (Å²) in [5.74, 6) is 0. The van der Waals surface area contributed by atoms with E-state index in [0.29, 0.717) is 6.61 Å². The van der Waals surface area contributed by atoms with Crippen LogP contribution in [-0.2, 0) is 4.74 Å². The number of aliphatic hydroxyl groups is 1. The third-order valence-corrected chi connectivity index (χ3v) is 6.06.